The maximum absolute atomic E-state index is 12.5. The second kappa shape index (κ2) is 8.94. The van der Waals surface area contributed by atoms with Crippen LogP contribution in [0.3, 0.4) is 0 Å². The number of hydrogen-bond donors (Lipinski definition) is 2. The molecule has 25 heavy (non-hydrogen) atoms. The Labute approximate surface area is 148 Å². The summed E-state index contributed by atoms with van der Waals surface area (Å²) < 4.78 is 11.2. The molecular formula is C18H27N3O4. The van der Waals surface area contributed by atoms with Crippen LogP contribution in [0.1, 0.15) is 34.1 Å². The Morgan fingerprint density at radius 2 is 2.08 bits per heavy atom. The van der Waals surface area contributed by atoms with E-state index in [0.29, 0.717) is 25.3 Å². The number of carbonyl (C=O) groups is 1. The first-order valence-corrected chi connectivity index (χ1v) is 8.73. The van der Waals surface area contributed by atoms with Gasteiger partial charge < -0.3 is 14.6 Å². The highest BCUT2D eigenvalue weighted by Gasteiger charge is 2.33. The molecule has 1 heterocycles. The number of carbonyl (C=O) groups excluding carboxylic acids is 1. The van der Waals surface area contributed by atoms with Crippen molar-refractivity contribution in [3.63, 3.8) is 0 Å². The third-order valence-corrected chi connectivity index (χ3v) is 3.93. The molecule has 0 spiro atoms. The van der Waals surface area contributed by atoms with Gasteiger partial charge in [0.25, 0.3) is 0 Å². The van der Waals surface area contributed by atoms with Gasteiger partial charge in [-0.2, -0.15) is 0 Å². The second-order valence-corrected chi connectivity index (χ2v) is 5.71. The van der Waals surface area contributed by atoms with Gasteiger partial charge in [-0.25, -0.2) is 10.4 Å². The molecule has 138 valence electrons. The van der Waals surface area contributed by atoms with Crippen LogP contribution in [0.5, 0.6) is 0 Å². The van der Waals surface area contributed by atoms with Gasteiger partial charge in [0.1, 0.15) is 6.10 Å². The molecule has 7 heteroatoms. The monoisotopic (exact) mass is 349 g/mol. The quantitative estimate of drug-likeness (QED) is 0.748. The van der Waals surface area contributed by atoms with Crippen LogP contribution in [0.25, 0.3) is 0 Å². The number of ether oxygens (including phenoxy) is 2. The minimum absolute atomic E-state index is 0.101. The molecule has 2 rings (SSSR count). The number of nitrogens with zero attached hydrogens (tertiary/aromatic N) is 2. The van der Waals surface area contributed by atoms with Crippen LogP contribution in [0, 0.1) is 0 Å². The third kappa shape index (κ3) is 4.36. The van der Waals surface area contributed by atoms with Crippen molar-refractivity contribution in [2.24, 2.45) is 4.99 Å². The summed E-state index contributed by atoms with van der Waals surface area (Å²) in [4.78, 5) is 16.9. The van der Waals surface area contributed by atoms with Gasteiger partial charge in [0.15, 0.2) is 6.10 Å². The summed E-state index contributed by atoms with van der Waals surface area (Å²) in [5.74, 6) is -0.0587. The van der Waals surface area contributed by atoms with Gasteiger partial charge in [0.05, 0.1) is 11.4 Å². The van der Waals surface area contributed by atoms with E-state index in [-0.39, 0.29) is 11.7 Å². The van der Waals surface area contributed by atoms with Gasteiger partial charge in [-0.3, -0.25) is 9.80 Å². The molecule has 1 aromatic rings. The zero-order valence-electron chi connectivity index (χ0n) is 15.2. The molecule has 0 amide bonds. The fourth-order valence-electron chi connectivity index (χ4n) is 2.69. The molecule has 0 fully saturated rings. The molecule has 2 N–H and O–H groups in total. The Morgan fingerprint density at radius 3 is 2.72 bits per heavy atom. The molecule has 1 aliphatic heterocycles. The predicted molar refractivity (Wildman–Crippen MR) is 97.0 cm³/mol. The molecule has 0 saturated carbocycles. The van der Waals surface area contributed by atoms with E-state index >= 15 is 0 Å². The average Bonchev–Trinajstić information content (AvgIpc) is 2.62. The van der Waals surface area contributed by atoms with Crippen molar-refractivity contribution in [2.75, 3.05) is 18.2 Å². The van der Waals surface area contributed by atoms with Crippen LogP contribution >= 0.6 is 0 Å². The Hall–Kier alpha value is -1.96. The van der Waals surface area contributed by atoms with Crippen molar-refractivity contribution < 1.29 is 19.4 Å². The van der Waals surface area contributed by atoms with E-state index in [9.17, 15) is 9.90 Å². The van der Waals surface area contributed by atoms with Crippen LogP contribution in [0.4, 0.5) is 11.4 Å². The number of aliphatic hydroxyl groups is 1. The number of para-hydroxylation sites is 2. The predicted octanol–water partition coefficient (Wildman–Crippen LogP) is 2.17. The number of ketones is 1. The fraction of sp³-hybridized carbons (Fsp3) is 0.556. The molecule has 1 aliphatic rings. The molecule has 0 saturated heterocycles. The van der Waals surface area contributed by atoms with E-state index in [0.717, 1.165) is 5.69 Å². The van der Waals surface area contributed by atoms with Crippen molar-refractivity contribution >= 4 is 23.1 Å². The summed E-state index contributed by atoms with van der Waals surface area (Å²) in [7, 11) is 0. The Kier molecular flexibility index (Phi) is 6.92. The summed E-state index contributed by atoms with van der Waals surface area (Å²) in [6.45, 7) is 8.41. The number of aliphatic imine (C=N–C) groups is 1. The summed E-state index contributed by atoms with van der Waals surface area (Å²) in [5.41, 5.74) is 4.52. The summed E-state index contributed by atoms with van der Waals surface area (Å²) in [6.07, 6.45) is -1.93. The highest BCUT2D eigenvalue weighted by atomic mass is 16.5. The van der Waals surface area contributed by atoms with Crippen LogP contribution in [-0.4, -0.2) is 48.4 Å². The van der Waals surface area contributed by atoms with Gasteiger partial charge in [-0.1, -0.05) is 26.0 Å². The molecule has 3 unspecified atom stereocenters. The summed E-state index contributed by atoms with van der Waals surface area (Å²) in [6, 6.07) is 7.43. The first-order chi connectivity index (χ1) is 12.0. The maximum atomic E-state index is 12.5. The van der Waals surface area contributed by atoms with Crippen molar-refractivity contribution in [3.05, 3.63) is 24.3 Å². The number of rotatable bonds is 8. The lowest BCUT2D eigenvalue weighted by molar-refractivity contribution is -0.137. The van der Waals surface area contributed by atoms with Crippen molar-refractivity contribution in [3.8, 4) is 0 Å². The van der Waals surface area contributed by atoms with Gasteiger partial charge >= 0.3 is 0 Å². The molecule has 0 aliphatic carbocycles. The first-order valence-electron chi connectivity index (χ1n) is 8.73. The summed E-state index contributed by atoms with van der Waals surface area (Å²) >= 11 is 0. The van der Waals surface area contributed by atoms with E-state index in [1.807, 2.05) is 45.0 Å². The van der Waals surface area contributed by atoms with Gasteiger partial charge in [-0.05, 0) is 32.4 Å². The van der Waals surface area contributed by atoms with Gasteiger partial charge in [-0.15, -0.1) is 0 Å². The van der Waals surface area contributed by atoms with Crippen molar-refractivity contribution in [1.29, 1.82) is 0 Å². The van der Waals surface area contributed by atoms with Crippen LogP contribution < -0.4 is 10.4 Å². The van der Waals surface area contributed by atoms with Crippen LogP contribution in [0.2, 0.25) is 0 Å². The topological polar surface area (TPSA) is 83.4 Å². The van der Waals surface area contributed by atoms with E-state index < -0.39 is 18.4 Å². The van der Waals surface area contributed by atoms with Crippen LogP contribution in [-0.2, 0) is 14.3 Å². The zero-order chi connectivity index (χ0) is 18.4. The lowest BCUT2D eigenvalue weighted by atomic mass is 10.1. The first kappa shape index (κ1) is 19.4. The highest BCUT2D eigenvalue weighted by molar-refractivity contribution is 5.95. The Bertz CT molecular complexity index is 620. The van der Waals surface area contributed by atoms with E-state index in [1.54, 1.807) is 11.9 Å². The lowest BCUT2D eigenvalue weighted by Crippen LogP contribution is -2.53. The third-order valence-electron chi connectivity index (χ3n) is 3.93. The van der Waals surface area contributed by atoms with E-state index in [4.69, 9.17) is 9.47 Å². The number of aliphatic hydroxyl groups excluding tert-OH is 1. The standard InChI is InChI=1S/C18H27N3O4/c1-5-15(16(22)12(4)24-7-3)25-17-18(23)21(19-6-2)14-11-9-8-10-13(14)20-17/h8-12,15,18-19,23H,5-7H2,1-4H3. The van der Waals surface area contributed by atoms with E-state index in [1.165, 1.54) is 0 Å². The zero-order valence-corrected chi connectivity index (χ0v) is 15.2. The number of hydrogen-bond acceptors (Lipinski definition) is 7. The molecule has 3 atom stereocenters. The summed E-state index contributed by atoms with van der Waals surface area (Å²) in [5, 5.41) is 12.2. The largest absolute Gasteiger partial charge is 0.466 e. The number of benzene rings is 1. The van der Waals surface area contributed by atoms with Crippen LogP contribution in [0.15, 0.2) is 29.3 Å². The molecule has 1 aromatic carbocycles. The minimum Gasteiger partial charge on any atom is -0.466 e. The number of anilines is 1. The van der Waals surface area contributed by atoms with E-state index in [2.05, 4.69) is 10.4 Å². The fourth-order valence-corrected chi connectivity index (χ4v) is 2.69. The average molecular weight is 349 g/mol. The molecule has 7 nitrogen and oxygen atoms in total. The van der Waals surface area contributed by atoms with Gasteiger partial charge in [0, 0.05) is 13.2 Å². The van der Waals surface area contributed by atoms with Crippen molar-refractivity contribution in [2.45, 2.75) is 52.6 Å². The second-order valence-electron chi connectivity index (χ2n) is 5.71. The van der Waals surface area contributed by atoms with Gasteiger partial charge in [0.2, 0.25) is 17.9 Å². The highest BCUT2D eigenvalue weighted by Crippen LogP contribution is 2.33. The molecule has 0 radical (unpaired) electrons. The molecular weight excluding hydrogens is 322 g/mol. The minimum atomic E-state index is -1.11. The number of fused-ring (bicyclic) bond motifs is 1. The van der Waals surface area contributed by atoms with Crippen molar-refractivity contribution in [1.82, 2.24) is 5.43 Å². The number of Topliss-reactive ketones (excluding diaryl/α,β-unsaturated/α-hetero) is 1. The smallest absolute Gasteiger partial charge is 0.242 e. The lowest BCUT2D eigenvalue weighted by Gasteiger charge is -2.35. The number of nitrogens with one attached hydrogen (secondary N) is 1. The SMILES string of the molecule is CCNN1c2ccccc2N=C(OC(CC)C(=O)C(C)OCC)C1O. The molecule has 0 bridgehead atoms. The normalized spacial score (nSPS) is 19.0. The maximum Gasteiger partial charge on any atom is 0.242 e. The Balaban J connectivity index is 2.25. The number of hydrazine groups is 1. The molecule has 0 aromatic heterocycles. The Morgan fingerprint density at radius 1 is 1.36 bits per heavy atom.